The van der Waals surface area contributed by atoms with E-state index >= 15 is 0 Å². The normalized spacial score (nSPS) is 20.4. The lowest BCUT2D eigenvalue weighted by Gasteiger charge is -2.46. The predicted octanol–water partition coefficient (Wildman–Crippen LogP) is 2.95. The van der Waals surface area contributed by atoms with Gasteiger partial charge in [0.05, 0.1) is 0 Å². The summed E-state index contributed by atoms with van der Waals surface area (Å²) in [6.45, 7) is 8.96. The molecule has 0 heterocycles. The number of hydrogen-bond acceptors (Lipinski definition) is 3. The van der Waals surface area contributed by atoms with Gasteiger partial charge >= 0.3 is 0 Å². The van der Waals surface area contributed by atoms with Gasteiger partial charge < -0.3 is 10.6 Å². The van der Waals surface area contributed by atoms with Crippen molar-refractivity contribution in [2.45, 2.75) is 64.3 Å². The highest BCUT2D eigenvalue weighted by Gasteiger charge is 2.35. The summed E-state index contributed by atoms with van der Waals surface area (Å²) in [6, 6.07) is 0. The molecule has 0 aromatic carbocycles. The summed E-state index contributed by atoms with van der Waals surface area (Å²) in [7, 11) is 4.33. The van der Waals surface area contributed by atoms with Crippen LogP contribution < -0.4 is 5.73 Å². The molecule has 0 spiro atoms. The monoisotopic (exact) mass is 283 g/mol. The Hall–Kier alpha value is -0.120. The van der Waals surface area contributed by atoms with E-state index in [0.717, 1.165) is 19.6 Å². The predicted molar refractivity (Wildman–Crippen MR) is 89.1 cm³/mol. The quantitative estimate of drug-likeness (QED) is 0.780. The highest BCUT2D eigenvalue weighted by atomic mass is 15.2. The van der Waals surface area contributed by atoms with Gasteiger partial charge in [-0.25, -0.2) is 0 Å². The van der Waals surface area contributed by atoms with Crippen molar-refractivity contribution in [1.82, 2.24) is 9.80 Å². The Bertz CT molecular complexity index is 243. The summed E-state index contributed by atoms with van der Waals surface area (Å²) in [5.41, 5.74) is 6.55. The molecule has 0 aromatic heterocycles. The molecule has 1 aliphatic rings. The summed E-state index contributed by atoms with van der Waals surface area (Å²) in [4.78, 5) is 5.02. The maximum absolute atomic E-state index is 6.29. The highest BCUT2D eigenvalue weighted by Crippen LogP contribution is 2.31. The van der Waals surface area contributed by atoms with E-state index in [4.69, 9.17) is 5.73 Å². The van der Waals surface area contributed by atoms with E-state index in [9.17, 15) is 0 Å². The van der Waals surface area contributed by atoms with Crippen LogP contribution in [-0.4, -0.2) is 55.6 Å². The third-order valence-corrected chi connectivity index (χ3v) is 4.74. The fourth-order valence-electron chi connectivity index (χ4n) is 3.50. The van der Waals surface area contributed by atoms with Crippen molar-refractivity contribution in [3.05, 3.63) is 0 Å². The summed E-state index contributed by atoms with van der Waals surface area (Å²) in [5.74, 6) is 0.714. The van der Waals surface area contributed by atoms with Crippen LogP contribution in [0.1, 0.15) is 58.8 Å². The van der Waals surface area contributed by atoms with Crippen LogP contribution in [0.3, 0.4) is 0 Å². The van der Waals surface area contributed by atoms with Gasteiger partial charge in [-0.3, -0.25) is 4.90 Å². The SMILES string of the molecule is CC(C)CN(CCN(C)C)C1(CN)CCCCCCC1. The number of nitrogens with zero attached hydrogens (tertiary/aromatic N) is 2. The third-order valence-electron chi connectivity index (χ3n) is 4.74. The Morgan fingerprint density at radius 3 is 1.95 bits per heavy atom. The van der Waals surface area contributed by atoms with Crippen LogP contribution >= 0.6 is 0 Å². The summed E-state index contributed by atoms with van der Waals surface area (Å²) in [6.07, 6.45) is 9.51. The molecule has 3 heteroatoms. The molecule has 0 atom stereocenters. The second-order valence-corrected chi connectivity index (χ2v) is 7.34. The standard InChI is InChI=1S/C17H37N3/c1-16(2)14-20(13-12-19(3)4)17(15-18)10-8-6-5-7-9-11-17/h16H,5-15,18H2,1-4H3. The van der Waals surface area contributed by atoms with E-state index < -0.39 is 0 Å². The Balaban J connectivity index is 2.78. The molecule has 1 saturated carbocycles. The molecule has 20 heavy (non-hydrogen) atoms. The van der Waals surface area contributed by atoms with Crippen LogP contribution in [-0.2, 0) is 0 Å². The second kappa shape index (κ2) is 9.01. The molecule has 0 unspecified atom stereocenters. The molecule has 0 saturated heterocycles. The Kier molecular flexibility index (Phi) is 8.08. The fraction of sp³-hybridized carbons (Fsp3) is 1.00. The first-order chi connectivity index (χ1) is 9.50. The van der Waals surface area contributed by atoms with Crippen LogP contribution in [0.4, 0.5) is 0 Å². The first-order valence-corrected chi connectivity index (χ1v) is 8.60. The average molecular weight is 284 g/mol. The van der Waals surface area contributed by atoms with E-state index in [-0.39, 0.29) is 5.54 Å². The van der Waals surface area contributed by atoms with Crippen molar-refractivity contribution in [2.24, 2.45) is 11.7 Å². The van der Waals surface area contributed by atoms with E-state index in [1.807, 2.05) is 0 Å². The lowest BCUT2D eigenvalue weighted by atomic mass is 9.82. The molecule has 120 valence electrons. The maximum atomic E-state index is 6.29. The zero-order valence-corrected chi connectivity index (χ0v) is 14.3. The Labute approximate surface area is 126 Å². The Morgan fingerprint density at radius 2 is 1.50 bits per heavy atom. The van der Waals surface area contributed by atoms with Gasteiger partial charge in [0.2, 0.25) is 0 Å². The van der Waals surface area contributed by atoms with E-state index in [1.54, 1.807) is 0 Å². The summed E-state index contributed by atoms with van der Waals surface area (Å²) >= 11 is 0. The molecule has 2 N–H and O–H groups in total. The van der Waals surface area contributed by atoms with E-state index in [0.29, 0.717) is 5.92 Å². The van der Waals surface area contributed by atoms with Gasteiger partial charge in [0, 0.05) is 31.7 Å². The van der Waals surface area contributed by atoms with Crippen LogP contribution in [0.5, 0.6) is 0 Å². The zero-order valence-electron chi connectivity index (χ0n) is 14.3. The third kappa shape index (κ3) is 5.71. The zero-order chi connectivity index (χ0) is 15.0. The smallest absolute Gasteiger partial charge is 0.0332 e. The first kappa shape index (κ1) is 17.9. The van der Waals surface area contributed by atoms with Gasteiger partial charge in [-0.2, -0.15) is 0 Å². The van der Waals surface area contributed by atoms with Crippen molar-refractivity contribution in [3.8, 4) is 0 Å². The summed E-state index contributed by atoms with van der Waals surface area (Å²) < 4.78 is 0. The molecule has 0 radical (unpaired) electrons. The van der Waals surface area contributed by atoms with Gasteiger partial charge in [-0.15, -0.1) is 0 Å². The van der Waals surface area contributed by atoms with Gasteiger partial charge in [0.1, 0.15) is 0 Å². The molecular weight excluding hydrogens is 246 g/mol. The van der Waals surface area contributed by atoms with Crippen LogP contribution in [0.25, 0.3) is 0 Å². The van der Waals surface area contributed by atoms with Crippen LogP contribution in [0.2, 0.25) is 0 Å². The highest BCUT2D eigenvalue weighted by molar-refractivity contribution is 4.93. The first-order valence-electron chi connectivity index (χ1n) is 8.60. The lowest BCUT2D eigenvalue weighted by molar-refractivity contribution is 0.0498. The van der Waals surface area contributed by atoms with E-state index in [1.165, 1.54) is 51.5 Å². The minimum atomic E-state index is 0.265. The minimum absolute atomic E-state index is 0.265. The molecule has 0 aromatic rings. The van der Waals surface area contributed by atoms with Crippen molar-refractivity contribution >= 4 is 0 Å². The number of nitrogens with two attached hydrogens (primary N) is 1. The van der Waals surface area contributed by atoms with Crippen molar-refractivity contribution < 1.29 is 0 Å². The lowest BCUT2D eigenvalue weighted by Crippen LogP contribution is -2.56. The van der Waals surface area contributed by atoms with Crippen molar-refractivity contribution in [3.63, 3.8) is 0 Å². The maximum Gasteiger partial charge on any atom is 0.0332 e. The summed E-state index contributed by atoms with van der Waals surface area (Å²) in [5, 5.41) is 0. The molecule has 0 bridgehead atoms. The molecule has 0 aliphatic heterocycles. The van der Waals surface area contributed by atoms with Gasteiger partial charge in [-0.05, 0) is 32.9 Å². The number of hydrogen-bond donors (Lipinski definition) is 1. The number of rotatable bonds is 7. The fourth-order valence-corrected chi connectivity index (χ4v) is 3.50. The van der Waals surface area contributed by atoms with Gasteiger partial charge in [0.15, 0.2) is 0 Å². The van der Waals surface area contributed by atoms with E-state index in [2.05, 4.69) is 37.7 Å². The minimum Gasteiger partial charge on any atom is -0.329 e. The van der Waals surface area contributed by atoms with Crippen LogP contribution in [0, 0.1) is 5.92 Å². The topological polar surface area (TPSA) is 32.5 Å². The van der Waals surface area contributed by atoms with Crippen molar-refractivity contribution in [2.75, 3.05) is 40.3 Å². The molecule has 0 amide bonds. The Morgan fingerprint density at radius 1 is 0.950 bits per heavy atom. The molecule has 3 nitrogen and oxygen atoms in total. The van der Waals surface area contributed by atoms with Crippen LogP contribution in [0.15, 0.2) is 0 Å². The van der Waals surface area contributed by atoms with Gasteiger partial charge in [-0.1, -0.05) is 46.0 Å². The van der Waals surface area contributed by atoms with Gasteiger partial charge in [0.25, 0.3) is 0 Å². The second-order valence-electron chi connectivity index (χ2n) is 7.34. The number of likely N-dealkylation sites (N-methyl/N-ethyl adjacent to an activating group) is 1. The van der Waals surface area contributed by atoms with Crippen molar-refractivity contribution in [1.29, 1.82) is 0 Å². The molecular formula is C17H37N3. The molecule has 1 aliphatic carbocycles. The average Bonchev–Trinajstić information content (AvgIpc) is 2.35. The molecule has 1 fully saturated rings. The molecule has 1 rings (SSSR count). The largest absolute Gasteiger partial charge is 0.329 e.